The van der Waals surface area contributed by atoms with Crippen molar-refractivity contribution in [3.05, 3.63) is 12.2 Å². The second-order valence-electron chi connectivity index (χ2n) is 6.59. The summed E-state index contributed by atoms with van der Waals surface area (Å²) in [6, 6.07) is 0. The average molecular weight is 312 g/mol. The average Bonchev–Trinajstić information content (AvgIpc) is 2.37. The molecule has 0 aliphatic carbocycles. The van der Waals surface area contributed by atoms with Crippen LogP contribution in [0.1, 0.15) is 72.6 Å². The minimum Gasteiger partial charge on any atom is -0.466 e. The van der Waals surface area contributed by atoms with Crippen LogP contribution in [0.2, 0.25) is 0 Å². The maximum absolute atomic E-state index is 11.8. The minimum absolute atomic E-state index is 0.184. The molecule has 0 aliphatic rings. The van der Waals surface area contributed by atoms with Gasteiger partial charge < -0.3 is 9.47 Å². The fourth-order valence-electron chi connectivity index (χ4n) is 2.16. The van der Waals surface area contributed by atoms with Crippen molar-refractivity contribution < 1.29 is 19.1 Å². The van der Waals surface area contributed by atoms with Crippen molar-refractivity contribution in [1.29, 1.82) is 0 Å². The van der Waals surface area contributed by atoms with E-state index >= 15 is 0 Å². The van der Waals surface area contributed by atoms with Gasteiger partial charge in [-0.05, 0) is 24.7 Å². The predicted molar refractivity (Wildman–Crippen MR) is 88.5 cm³/mol. The number of esters is 2. The summed E-state index contributed by atoms with van der Waals surface area (Å²) in [5, 5.41) is 0. The zero-order valence-electron chi connectivity index (χ0n) is 14.7. The molecule has 0 fully saturated rings. The summed E-state index contributed by atoms with van der Waals surface area (Å²) in [5.74, 6) is -0.420. The van der Waals surface area contributed by atoms with Gasteiger partial charge in [-0.2, -0.15) is 0 Å². The number of carbonyl (C=O) groups excluding carboxylic acids is 2. The van der Waals surface area contributed by atoms with Gasteiger partial charge in [0.15, 0.2) is 0 Å². The first-order chi connectivity index (χ1) is 10.3. The van der Waals surface area contributed by atoms with Crippen molar-refractivity contribution in [3.8, 4) is 0 Å². The second kappa shape index (κ2) is 11.3. The van der Waals surface area contributed by atoms with E-state index in [2.05, 4.69) is 20.4 Å². The smallest absolute Gasteiger partial charge is 0.309 e. The fraction of sp³-hybridized carbons (Fsp3) is 0.778. The Labute approximate surface area is 135 Å². The number of carbonyl (C=O) groups is 2. The van der Waals surface area contributed by atoms with Gasteiger partial charge in [0.1, 0.15) is 0 Å². The van der Waals surface area contributed by atoms with E-state index in [4.69, 9.17) is 9.47 Å². The first-order valence-electron chi connectivity index (χ1n) is 8.28. The summed E-state index contributed by atoms with van der Waals surface area (Å²) < 4.78 is 10.3. The van der Waals surface area contributed by atoms with Gasteiger partial charge in [-0.3, -0.25) is 9.59 Å². The van der Waals surface area contributed by atoms with Gasteiger partial charge in [0.2, 0.25) is 0 Å². The van der Waals surface area contributed by atoms with Gasteiger partial charge in [-0.25, -0.2) is 0 Å². The van der Waals surface area contributed by atoms with Crippen LogP contribution in [0.5, 0.6) is 0 Å². The number of hydrogen-bond acceptors (Lipinski definition) is 4. The second-order valence-corrected chi connectivity index (χ2v) is 6.59. The fourth-order valence-corrected chi connectivity index (χ4v) is 2.16. The Bertz CT molecular complexity index is 358. The van der Waals surface area contributed by atoms with Crippen molar-refractivity contribution in [3.63, 3.8) is 0 Å². The maximum atomic E-state index is 11.8. The van der Waals surface area contributed by atoms with Crippen LogP contribution in [0, 0.1) is 5.41 Å². The lowest BCUT2D eigenvalue weighted by Crippen LogP contribution is -2.20. The molecule has 0 aromatic carbocycles. The van der Waals surface area contributed by atoms with E-state index in [0.717, 1.165) is 31.3 Å². The van der Waals surface area contributed by atoms with Crippen LogP contribution in [-0.4, -0.2) is 25.2 Å². The zero-order valence-corrected chi connectivity index (χ0v) is 14.7. The zero-order chi connectivity index (χ0) is 17.0. The molecule has 22 heavy (non-hydrogen) atoms. The van der Waals surface area contributed by atoms with Crippen LogP contribution in [0.15, 0.2) is 12.2 Å². The molecule has 0 saturated carbocycles. The highest BCUT2D eigenvalue weighted by Gasteiger charge is 2.24. The van der Waals surface area contributed by atoms with Crippen LogP contribution in [0.3, 0.4) is 0 Å². The summed E-state index contributed by atoms with van der Waals surface area (Å²) in [4.78, 5) is 23.4. The standard InChI is InChI=1S/C18H32O4/c1-6-8-10-21-16(19)12-15(3)13-18(4,5)14-17(20)22-11-9-7-2/h3,6-14H2,1-2,4-5H3. The molecule has 0 spiro atoms. The summed E-state index contributed by atoms with van der Waals surface area (Å²) in [5.41, 5.74) is 0.539. The Morgan fingerprint density at radius 2 is 1.41 bits per heavy atom. The van der Waals surface area contributed by atoms with Crippen molar-refractivity contribution in [2.45, 2.75) is 72.6 Å². The third-order valence-electron chi connectivity index (χ3n) is 3.27. The van der Waals surface area contributed by atoms with E-state index in [0.29, 0.717) is 26.1 Å². The van der Waals surface area contributed by atoms with E-state index in [9.17, 15) is 9.59 Å². The molecule has 0 aromatic rings. The van der Waals surface area contributed by atoms with Gasteiger partial charge in [0.05, 0.1) is 26.1 Å². The summed E-state index contributed by atoms with van der Waals surface area (Å²) in [6.45, 7) is 13.0. The molecule has 0 heterocycles. The van der Waals surface area contributed by atoms with Crippen LogP contribution in [0.25, 0.3) is 0 Å². The van der Waals surface area contributed by atoms with Gasteiger partial charge in [-0.1, -0.05) is 52.7 Å². The largest absolute Gasteiger partial charge is 0.466 e. The molecule has 0 bridgehead atoms. The first-order valence-corrected chi connectivity index (χ1v) is 8.28. The Morgan fingerprint density at radius 1 is 0.909 bits per heavy atom. The predicted octanol–water partition coefficient (Wildman–Crippen LogP) is 4.43. The highest BCUT2D eigenvalue weighted by atomic mass is 16.5. The van der Waals surface area contributed by atoms with Crippen molar-refractivity contribution in [1.82, 2.24) is 0 Å². The molecule has 4 heteroatoms. The van der Waals surface area contributed by atoms with Crippen molar-refractivity contribution >= 4 is 11.9 Å². The van der Waals surface area contributed by atoms with Gasteiger partial charge in [0, 0.05) is 0 Å². The maximum Gasteiger partial charge on any atom is 0.309 e. The highest BCUT2D eigenvalue weighted by Crippen LogP contribution is 2.30. The highest BCUT2D eigenvalue weighted by molar-refractivity contribution is 5.72. The van der Waals surface area contributed by atoms with Crippen LogP contribution in [0.4, 0.5) is 0 Å². The molecule has 0 atom stereocenters. The van der Waals surface area contributed by atoms with E-state index in [1.54, 1.807) is 0 Å². The van der Waals surface area contributed by atoms with Crippen LogP contribution in [-0.2, 0) is 19.1 Å². The lowest BCUT2D eigenvalue weighted by atomic mass is 9.82. The van der Waals surface area contributed by atoms with Crippen molar-refractivity contribution in [2.75, 3.05) is 13.2 Å². The summed E-state index contributed by atoms with van der Waals surface area (Å²) in [6.07, 6.45) is 4.95. The van der Waals surface area contributed by atoms with Crippen LogP contribution < -0.4 is 0 Å². The van der Waals surface area contributed by atoms with Gasteiger partial charge in [0.25, 0.3) is 0 Å². The number of hydrogen-bond donors (Lipinski definition) is 0. The Hall–Kier alpha value is -1.32. The lowest BCUT2D eigenvalue weighted by molar-refractivity contribution is -0.146. The molecular formula is C18H32O4. The van der Waals surface area contributed by atoms with E-state index < -0.39 is 0 Å². The third-order valence-corrected chi connectivity index (χ3v) is 3.27. The van der Waals surface area contributed by atoms with Crippen LogP contribution >= 0.6 is 0 Å². The minimum atomic E-state index is -0.260. The molecular weight excluding hydrogens is 280 g/mol. The monoisotopic (exact) mass is 312 g/mol. The molecule has 0 N–H and O–H groups in total. The third kappa shape index (κ3) is 11.4. The molecule has 0 saturated heterocycles. The molecule has 0 amide bonds. The first kappa shape index (κ1) is 20.7. The molecule has 128 valence electrons. The van der Waals surface area contributed by atoms with Crippen molar-refractivity contribution in [2.24, 2.45) is 5.41 Å². The quantitative estimate of drug-likeness (QED) is 0.304. The van der Waals surface area contributed by atoms with E-state index in [1.165, 1.54) is 0 Å². The molecule has 0 unspecified atom stereocenters. The molecule has 0 rings (SSSR count). The topological polar surface area (TPSA) is 52.6 Å². The summed E-state index contributed by atoms with van der Waals surface area (Å²) in [7, 11) is 0. The molecule has 0 radical (unpaired) electrons. The Kier molecular flexibility index (Phi) is 10.6. The SMILES string of the molecule is C=C(CC(=O)OCCCC)CC(C)(C)CC(=O)OCCCC. The lowest BCUT2D eigenvalue weighted by Gasteiger charge is -2.24. The normalized spacial score (nSPS) is 11.1. The van der Waals surface area contributed by atoms with E-state index in [1.807, 2.05) is 13.8 Å². The Morgan fingerprint density at radius 3 is 1.91 bits per heavy atom. The van der Waals surface area contributed by atoms with Gasteiger partial charge in [-0.15, -0.1) is 0 Å². The molecule has 4 nitrogen and oxygen atoms in total. The number of ether oxygens (including phenoxy) is 2. The summed E-state index contributed by atoms with van der Waals surface area (Å²) >= 11 is 0. The van der Waals surface area contributed by atoms with E-state index in [-0.39, 0.29) is 23.8 Å². The number of rotatable bonds is 12. The Balaban J connectivity index is 4.09. The van der Waals surface area contributed by atoms with Gasteiger partial charge >= 0.3 is 11.9 Å². The number of unbranched alkanes of at least 4 members (excludes halogenated alkanes) is 2. The molecule has 0 aromatic heterocycles. The molecule has 0 aliphatic heterocycles.